The molecule has 3 rings (SSSR count). The molecule has 0 aliphatic heterocycles. The maximum absolute atomic E-state index is 11.8. The van der Waals surface area contributed by atoms with E-state index < -0.39 is 0 Å². The van der Waals surface area contributed by atoms with E-state index in [1.807, 2.05) is 12.1 Å². The predicted molar refractivity (Wildman–Crippen MR) is 94.2 cm³/mol. The Kier molecular flexibility index (Phi) is 4.43. The van der Waals surface area contributed by atoms with Gasteiger partial charge in [-0.2, -0.15) is 0 Å². The van der Waals surface area contributed by atoms with Crippen LogP contribution in [0.5, 0.6) is 17.2 Å². The van der Waals surface area contributed by atoms with E-state index in [4.69, 9.17) is 14.2 Å². The quantitative estimate of drug-likeness (QED) is 0.696. The molecule has 0 atom stereocenters. The Morgan fingerprint density at radius 2 is 1.48 bits per heavy atom. The van der Waals surface area contributed by atoms with Crippen LogP contribution in [-0.2, 0) is 0 Å². The fourth-order valence-corrected chi connectivity index (χ4v) is 2.92. The normalized spacial score (nSPS) is 10.5. The Labute approximate surface area is 144 Å². The average Bonchev–Trinajstić information content (AvgIpc) is 3.06. The van der Waals surface area contributed by atoms with E-state index in [1.165, 1.54) is 14.2 Å². The molecule has 0 unspecified atom stereocenters. The van der Waals surface area contributed by atoms with Gasteiger partial charge in [0.05, 0.1) is 38.1 Å². The van der Waals surface area contributed by atoms with Gasteiger partial charge >= 0.3 is 0 Å². The maximum Gasteiger partial charge on any atom is 0.154 e. The number of aldehydes is 2. The number of ether oxygens (including phenoxy) is 3. The Morgan fingerprint density at radius 1 is 0.840 bits per heavy atom. The molecule has 3 aromatic rings. The van der Waals surface area contributed by atoms with Crippen molar-refractivity contribution in [1.82, 2.24) is 4.98 Å². The van der Waals surface area contributed by atoms with Gasteiger partial charge in [-0.1, -0.05) is 0 Å². The van der Waals surface area contributed by atoms with Crippen LogP contribution in [0.1, 0.15) is 20.7 Å². The van der Waals surface area contributed by atoms with Gasteiger partial charge < -0.3 is 19.2 Å². The average molecular weight is 339 g/mol. The summed E-state index contributed by atoms with van der Waals surface area (Å²) in [6.07, 6.45) is 1.41. The molecular formula is C19H17NO5. The van der Waals surface area contributed by atoms with Crippen molar-refractivity contribution in [3.63, 3.8) is 0 Å². The first-order valence-corrected chi connectivity index (χ1v) is 7.53. The van der Waals surface area contributed by atoms with Gasteiger partial charge in [0, 0.05) is 17.0 Å². The lowest BCUT2D eigenvalue weighted by Gasteiger charge is -2.09. The highest BCUT2D eigenvalue weighted by molar-refractivity contribution is 6.13. The molecule has 2 aromatic carbocycles. The smallest absolute Gasteiger partial charge is 0.154 e. The van der Waals surface area contributed by atoms with E-state index in [1.54, 1.807) is 25.3 Å². The summed E-state index contributed by atoms with van der Waals surface area (Å²) in [6.45, 7) is 0. The third-order valence-electron chi connectivity index (χ3n) is 4.14. The third-order valence-corrected chi connectivity index (χ3v) is 4.14. The summed E-state index contributed by atoms with van der Waals surface area (Å²) in [5, 5.41) is 0.479. The van der Waals surface area contributed by atoms with Gasteiger partial charge in [-0.3, -0.25) is 9.59 Å². The van der Waals surface area contributed by atoms with Crippen LogP contribution in [0.25, 0.3) is 22.2 Å². The molecule has 0 fully saturated rings. The van der Waals surface area contributed by atoms with Crippen molar-refractivity contribution in [2.24, 2.45) is 0 Å². The molecule has 25 heavy (non-hydrogen) atoms. The van der Waals surface area contributed by atoms with Crippen molar-refractivity contribution in [3.8, 4) is 28.5 Å². The molecule has 0 saturated heterocycles. The molecular weight excluding hydrogens is 322 g/mol. The topological polar surface area (TPSA) is 77.6 Å². The summed E-state index contributed by atoms with van der Waals surface area (Å²) in [5.74, 6) is 1.54. The number of hydrogen-bond acceptors (Lipinski definition) is 5. The SMILES string of the molecule is COc1ccc(-c2[nH]c3c(OC)cc(OC)c(C=O)c3c2C=O)cc1. The number of carbonyl (C=O) groups is 2. The maximum atomic E-state index is 11.8. The Morgan fingerprint density at radius 3 is 2.00 bits per heavy atom. The number of H-pyrrole nitrogens is 1. The number of nitrogens with one attached hydrogen (secondary N) is 1. The van der Waals surface area contributed by atoms with Gasteiger partial charge in [-0.25, -0.2) is 0 Å². The summed E-state index contributed by atoms with van der Waals surface area (Å²) in [6, 6.07) is 8.89. The molecule has 1 N–H and O–H groups in total. The Balaban J connectivity index is 2.37. The number of aromatic amines is 1. The molecule has 6 heteroatoms. The van der Waals surface area contributed by atoms with Gasteiger partial charge in [0.1, 0.15) is 17.2 Å². The van der Waals surface area contributed by atoms with Crippen LogP contribution in [0.2, 0.25) is 0 Å². The van der Waals surface area contributed by atoms with Crippen LogP contribution in [0, 0.1) is 0 Å². The highest BCUT2D eigenvalue weighted by atomic mass is 16.5. The second-order valence-electron chi connectivity index (χ2n) is 5.32. The largest absolute Gasteiger partial charge is 0.497 e. The standard InChI is InChI=1S/C19H17NO5/c1-23-12-6-4-11(5-7-12)18-14(10-22)17-13(9-21)15(24-2)8-16(25-3)19(17)20-18/h4-10,20H,1-3H3. The lowest BCUT2D eigenvalue weighted by atomic mass is 10.0. The highest BCUT2D eigenvalue weighted by Gasteiger charge is 2.22. The van der Waals surface area contributed by atoms with Crippen LogP contribution in [0.4, 0.5) is 0 Å². The molecule has 0 radical (unpaired) electrons. The number of aromatic nitrogens is 1. The second-order valence-corrected chi connectivity index (χ2v) is 5.32. The third kappa shape index (κ3) is 2.61. The van der Waals surface area contributed by atoms with Crippen molar-refractivity contribution >= 4 is 23.5 Å². The lowest BCUT2D eigenvalue weighted by Crippen LogP contribution is -1.95. The first-order valence-electron chi connectivity index (χ1n) is 7.53. The van der Waals surface area contributed by atoms with E-state index in [0.29, 0.717) is 51.3 Å². The molecule has 0 bridgehead atoms. The van der Waals surface area contributed by atoms with Gasteiger partial charge in [0.2, 0.25) is 0 Å². The zero-order valence-corrected chi connectivity index (χ0v) is 14.1. The van der Waals surface area contributed by atoms with Crippen LogP contribution in [0.15, 0.2) is 30.3 Å². The van der Waals surface area contributed by atoms with E-state index in [0.717, 1.165) is 11.8 Å². The lowest BCUT2D eigenvalue weighted by molar-refractivity contribution is 0.111. The number of rotatable bonds is 6. The first kappa shape index (κ1) is 16.6. The summed E-state index contributed by atoms with van der Waals surface area (Å²) in [4.78, 5) is 26.7. The van der Waals surface area contributed by atoms with Crippen LogP contribution in [-0.4, -0.2) is 38.9 Å². The van der Waals surface area contributed by atoms with E-state index in [9.17, 15) is 9.59 Å². The number of methoxy groups -OCH3 is 3. The van der Waals surface area contributed by atoms with Crippen molar-refractivity contribution < 1.29 is 23.8 Å². The van der Waals surface area contributed by atoms with Crippen molar-refractivity contribution in [1.29, 1.82) is 0 Å². The molecule has 128 valence electrons. The van der Waals surface area contributed by atoms with Crippen LogP contribution < -0.4 is 14.2 Å². The molecule has 6 nitrogen and oxygen atoms in total. The van der Waals surface area contributed by atoms with Crippen molar-refractivity contribution in [2.45, 2.75) is 0 Å². The summed E-state index contributed by atoms with van der Waals surface area (Å²) >= 11 is 0. The van der Waals surface area contributed by atoms with E-state index in [-0.39, 0.29) is 0 Å². The minimum absolute atomic E-state index is 0.302. The van der Waals surface area contributed by atoms with Crippen LogP contribution in [0.3, 0.4) is 0 Å². The van der Waals surface area contributed by atoms with E-state index in [2.05, 4.69) is 4.98 Å². The Hall–Kier alpha value is -3.28. The predicted octanol–water partition coefficient (Wildman–Crippen LogP) is 3.49. The van der Waals surface area contributed by atoms with E-state index >= 15 is 0 Å². The molecule has 0 amide bonds. The number of hydrogen-bond donors (Lipinski definition) is 1. The second kappa shape index (κ2) is 6.68. The van der Waals surface area contributed by atoms with Crippen LogP contribution >= 0.6 is 0 Å². The molecule has 0 spiro atoms. The van der Waals surface area contributed by atoms with Crippen molar-refractivity contribution in [3.05, 3.63) is 41.5 Å². The van der Waals surface area contributed by atoms with Gasteiger partial charge in [0.15, 0.2) is 12.6 Å². The minimum atomic E-state index is 0.302. The molecule has 0 saturated carbocycles. The molecule has 0 aliphatic rings. The van der Waals surface area contributed by atoms with Gasteiger partial charge in [0.25, 0.3) is 0 Å². The number of benzene rings is 2. The zero-order valence-electron chi connectivity index (χ0n) is 14.1. The fourth-order valence-electron chi connectivity index (χ4n) is 2.92. The molecule has 1 aromatic heterocycles. The molecule has 0 aliphatic carbocycles. The Bertz CT molecular complexity index is 941. The van der Waals surface area contributed by atoms with Gasteiger partial charge in [-0.05, 0) is 29.8 Å². The summed E-state index contributed by atoms with van der Waals surface area (Å²) in [5.41, 5.74) is 2.63. The minimum Gasteiger partial charge on any atom is -0.497 e. The fraction of sp³-hybridized carbons (Fsp3) is 0.158. The van der Waals surface area contributed by atoms with Crippen molar-refractivity contribution in [2.75, 3.05) is 21.3 Å². The van der Waals surface area contributed by atoms with Gasteiger partial charge in [-0.15, -0.1) is 0 Å². The zero-order chi connectivity index (χ0) is 18.0. The molecule has 1 heterocycles. The number of carbonyl (C=O) groups excluding carboxylic acids is 2. The summed E-state index contributed by atoms with van der Waals surface area (Å²) < 4.78 is 15.8. The first-order chi connectivity index (χ1) is 12.2. The highest BCUT2D eigenvalue weighted by Crippen LogP contribution is 2.40. The summed E-state index contributed by atoms with van der Waals surface area (Å²) in [7, 11) is 4.57. The monoisotopic (exact) mass is 339 g/mol. The number of fused-ring (bicyclic) bond motifs is 1.